The summed E-state index contributed by atoms with van der Waals surface area (Å²) in [4.78, 5) is 0. The quantitative estimate of drug-likeness (QED) is 0.703. The van der Waals surface area contributed by atoms with Gasteiger partial charge in [0.15, 0.2) is 0 Å². The van der Waals surface area contributed by atoms with Gasteiger partial charge in [0.1, 0.15) is 0 Å². The number of nitrogens with two attached hydrogens (primary N) is 1. The summed E-state index contributed by atoms with van der Waals surface area (Å²) in [6.07, 6.45) is 0. The Morgan fingerprint density at radius 2 is 1.56 bits per heavy atom. The standard InChI is InChI=1S/C15H18N2O/c16-15-4-2-1-3-14(15)10-17-9-12-5-7-13(11-18)8-6-12/h1-8,17-18H,9-11,16H2. The number of anilines is 1. The average Bonchev–Trinajstić information content (AvgIpc) is 2.42. The van der Waals surface area contributed by atoms with Crippen LogP contribution in [0.4, 0.5) is 5.69 Å². The summed E-state index contributed by atoms with van der Waals surface area (Å²) in [6.45, 7) is 1.64. The Morgan fingerprint density at radius 1 is 0.889 bits per heavy atom. The second-order valence-electron chi connectivity index (χ2n) is 4.28. The number of aliphatic hydroxyl groups excluding tert-OH is 1. The molecular weight excluding hydrogens is 224 g/mol. The Bertz CT molecular complexity index is 494. The van der Waals surface area contributed by atoms with Gasteiger partial charge in [0, 0.05) is 18.8 Å². The lowest BCUT2D eigenvalue weighted by Crippen LogP contribution is -2.13. The van der Waals surface area contributed by atoms with Crippen molar-refractivity contribution >= 4 is 5.69 Å². The lowest BCUT2D eigenvalue weighted by Gasteiger charge is -2.08. The predicted octanol–water partition coefficient (Wildman–Crippen LogP) is 2.05. The molecule has 2 aromatic carbocycles. The van der Waals surface area contributed by atoms with Crippen molar-refractivity contribution in [1.82, 2.24) is 5.32 Å². The maximum atomic E-state index is 8.95. The minimum absolute atomic E-state index is 0.0915. The Labute approximate surface area is 107 Å². The summed E-state index contributed by atoms with van der Waals surface area (Å²) in [5.74, 6) is 0. The van der Waals surface area contributed by atoms with Crippen molar-refractivity contribution < 1.29 is 5.11 Å². The minimum Gasteiger partial charge on any atom is -0.398 e. The van der Waals surface area contributed by atoms with Gasteiger partial charge >= 0.3 is 0 Å². The van der Waals surface area contributed by atoms with Crippen molar-refractivity contribution in [1.29, 1.82) is 0 Å². The predicted molar refractivity (Wildman–Crippen MR) is 73.8 cm³/mol. The molecular formula is C15H18N2O. The molecule has 0 spiro atoms. The summed E-state index contributed by atoms with van der Waals surface area (Å²) in [5.41, 5.74) is 9.94. The number of benzene rings is 2. The number of nitrogens with one attached hydrogen (secondary N) is 1. The maximum absolute atomic E-state index is 8.95. The van der Waals surface area contributed by atoms with Crippen molar-refractivity contribution in [3.63, 3.8) is 0 Å². The normalized spacial score (nSPS) is 10.5. The molecule has 0 saturated carbocycles. The molecule has 18 heavy (non-hydrogen) atoms. The van der Waals surface area contributed by atoms with Crippen LogP contribution in [0.3, 0.4) is 0 Å². The number of nitrogen functional groups attached to an aromatic ring is 1. The first-order chi connectivity index (χ1) is 8.79. The molecule has 4 N–H and O–H groups in total. The Kier molecular flexibility index (Phi) is 4.34. The number of hydrogen-bond acceptors (Lipinski definition) is 3. The fourth-order valence-electron chi connectivity index (χ4n) is 1.80. The third kappa shape index (κ3) is 3.32. The summed E-state index contributed by atoms with van der Waals surface area (Å²) < 4.78 is 0. The first-order valence-electron chi connectivity index (χ1n) is 6.02. The van der Waals surface area contributed by atoms with E-state index in [1.54, 1.807) is 0 Å². The van der Waals surface area contributed by atoms with E-state index >= 15 is 0 Å². The highest BCUT2D eigenvalue weighted by Crippen LogP contribution is 2.10. The summed E-state index contributed by atoms with van der Waals surface area (Å²) in [6, 6.07) is 15.8. The molecule has 94 valence electrons. The molecule has 0 aliphatic heterocycles. The largest absolute Gasteiger partial charge is 0.398 e. The monoisotopic (exact) mass is 242 g/mol. The van der Waals surface area contributed by atoms with Gasteiger partial charge < -0.3 is 16.2 Å². The summed E-state index contributed by atoms with van der Waals surface area (Å²) in [7, 11) is 0. The molecule has 2 aromatic rings. The van der Waals surface area contributed by atoms with E-state index in [0.29, 0.717) is 0 Å². The highest BCUT2D eigenvalue weighted by atomic mass is 16.3. The fourth-order valence-corrected chi connectivity index (χ4v) is 1.80. The molecule has 0 aliphatic carbocycles. The fraction of sp³-hybridized carbons (Fsp3) is 0.200. The molecule has 0 unspecified atom stereocenters. The molecule has 0 heterocycles. The van der Waals surface area contributed by atoms with Crippen LogP contribution in [0.25, 0.3) is 0 Å². The highest BCUT2D eigenvalue weighted by molar-refractivity contribution is 5.46. The molecule has 2 rings (SSSR count). The van der Waals surface area contributed by atoms with Gasteiger partial charge in [-0.1, -0.05) is 42.5 Å². The average molecular weight is 242 g/mol. The van der Waals surface area contributed by atoms with Gasteiger partial charge in [-0.3, -0.25) is 0 Å². The van der Waals surface area contributed by atoms with Crippen molar-refractivity contribution in [3.05, 3.63) is 65.2 Å². The molecule has 0 aliphatic rings. The Hall–Kier alpha value is -1.84. The molecule has 0 bridgehead atoms. The first kappa shape index (κ1) is 12.6. The van der Waals surface area contributed by atoms with Crippen LogP contribution in [0, 0.1) is 0 Å². The van der Waals surface area contributed by atoms with E-state index in [2.05, 4.69) is 5.32 Å². The number of rotatable bonds is 5. The second kappa shape index (κ2) is 6.19. The van der Waals surface area contributed by atoms with Crippen molar-refractivity contribution in [3.8, 4) is 0 Å². The smallest absolute Gasteiger partial charge is 0.0681 e. The van der Waals surface area contributed by atoms with E-state index in [1.807, 2.05) is 48.5 Å². The van der Waals surface area contributed by atoms with Gasteiger partial charge in [-0.2, -0.15) is 0 Å². The Balaban J connectivity index is 1.86. The molecule has 0 fully saturated rings. The zero-order chi connectivity index (χ0) is 12.8. The van der Waals surface area contributed by atoms with Crippen molar-refractivity contribution in [2.24, 2.45) is 0 Å². The van der Waals surface area contributed by atoms with E-state index in [0.717, 1.165) is 29.9 Å². The Morgan fingerprint density at radius 3 is 2.22 bits per heavy atom. The van der Waals surface area contributed by atoms with Crippen LogP contribution in [-0.4, -0.2) is 5.11 Å². The van der Waals surface area contributed by atoms with E-state index < -0.39 is 0 Å². The molecule has 0 saturated heterocycles. The van der Waals surface area contributed by atoms with Crippen LogP contribution in [0.15, 0.2) is 48.5 Å². The molecule has 3 heteroatoms. The van der Waals surface area contributed by atoms with E-state index in [4.69, 9.17) is 10.8 Å². The van der Waals surface area contributed by atoms with Gasteiger partial charge in [0.25, 0.3) is 0 Å². The van der Waals surface area contributed by atoms with Crippen LogP contribution < -0.4 is 11.1 Å². The van der Waals surface area contributed by atoms with Crippen LogP contribution >= 0.6 is 0 Å². The summed E-state index contributed by atoms with van der Waals surface area (Å²) >= 11 is 0. The van der Waals surface area contributed by atoms with Gasteiger partial charge in [-0.05, 0) is 22.8 Å². The molecule has 0 amide bonds. The van der Waals surface area contributed by atoms with Gasteiger partial charge in [0.2, 0.25) is 0 Å². The number of aliphatic hydroxyl groups is 1. The van der Waals surface area contributed by atoms with Gasteiger partial charge in [0.05, 0.1) is 6.61 Å². The van der Waals surface area contributed by atoms with Crippen molar-refractivity contribution in [2.75, 3.05) is 5.73 Å². The van der Waals surface area contributed by atoms with E-state index in [1.165, 1.54) is 5.56 Å². The number of hydrogen-bond donors (Lipinski definition) is 3. The third-order valence-corrected chi connectivity index (χ3v) is 2.91. The summed E-state index contributed by atoms with van der Waals surface area (Å²) in [5, 5.41) is 12.3. The molecule has 0 aromatic heterocycles. The molecule has 0 atom stereocenters. The number of para-hydroxylation sites is 1. The van der Waals surface area contributed by atoms with Crippen LogP contribution in [0.2, 0.25) is 0 Å². The van der Waals surface area contributed by atoms with Crippen LogP contribution in [0.1, 0.15) is 16.7 Å². The van der Waals surface area contributed by atoms with E-state index in [-0.39, 0.29) is 6.61 Å². The van der Waals surface area contributed by atoms with Crippen molar-refractivity contribution in [2.45, 2.75) is 19.7 Å². The highest BCUT2D eigenvalue weighted by Gasteiger charge is 1.98. The lowest BCUT2D eigenvalue weighted by atomic mass is 10.1. The van der Waals surface area contributed by atoms with E-state index in [9.17, 15) is 0 Å². The van der Waals surface area contributed by atoms with Crippen LogP contribution in [0.5, 0.6) is 0 Å². The SMILES string of the molecule is Nc1ccccc1CNCc1ccc(CO)cc1. The maximum Gasteiger partial charge on any atom is 0.0681 e. The molecule has 3 nitrogen and oxygen atoms in total. The first-order valence-corrected chi connectivity index (χ1v) is 6.02. The zero-order valence-electron chi connectivity index (χ0n) is 10.3. The molecule has 0 radical (unpaired) electrons. The topological polar surface area (TPSA) is 58.3 Å². The minimum atomic E-state index is 0.0915. The van der Waals surface area contributed by atoms with Gasteiger partial charge in [-0.15, -0.1) is 0 Å². The second-order valence-corrected chi connectivity index (χ2v) is 4.28. The van der Waals surface area contributed by atoms with Crippen LogP contribution in [-0.2, 0) is 19.7 Å². The third-order valence-electron chi connectivity index (χ3n) is 2.91. The lowest BCUT2D eigenvalue weighted by molar-refractivity contribution is 0.282. The van der Waals surface area contributed by atoms with Gasteiger partial charge in [-0.25, -0.2) is 0 Å². The zero-order valence-corrected chi connectivity index (χ0v) is 10.3.